The molecule has 0 saturated carbocycles. The summed E-state index contributed by atoms with van der Waals surface area (Å²) in [6, 6.07) is 11.8. The predicted octanol–water partition coefficient (Wildman–Crippen LogP) is 4.05. The van der Waals surface area contributed by atoms with Crippen LogP contribution >= 0.6 is 11.3 Å². The second kappa shape index (κ2) is 9.40. The van der Waals surface area contributed by atoms with Gasteiger partial charge < -0.3 is 9.30 Å². The van der Waals surface area contributed by atoms with Crippen LogP contribution in [0.15, 0.2) is 52.4 Å². The number of fused-ring (bicyclic) bond motifs is 1. The van der Waals surface area contributed by atoms with Crippen LogP contribution < -0.4 is 9.54 Å². The third-order valence-electron chi connectivity index (χ3n) is 5.86. The van der Waals surface area contributed by atoms with E-state index in [1.807, 2.05) is 36.7 Å². The molecule has 33 heavy (non-hydrogen) atoms. The monoisotopic (exact) mass is 487 g/mol. The van der Waals surface area contributed by atoms with Crippen LogP contribution in [0.2, 0.25) is 0 Å². The number of carbonyl (C=O) groups is 1. The van der Waals surface area contributed by atoms with Crippen LogP contribution in [0.5, 0.6) is 5.75 Å². The van der Waals surface area contributed by atoms with Crippen molar-refractivity contribution in [2.24, 2.45) is 23.9 Å². The van der Waals surface area contributed by atoms with Gasteiger partial charge >= 0.3 is 0 Å². The Morgan fingerprint density at radius 1 is 1.12 bits per heavy atom. The van der Waals surface area contributed by atoms with Gasteiger partial charge in [-0.25, -0.2) is 8.42 Å². The van der Waals surface area contributed by atoms with E-state index in [1.165, 1.54) is 35.6 Å². The number of hydrogen-bond donors (Lipinski definition) is 0. The second-order valence-electron chi connectivity index (χ2n) is 8.69. The lowest BCUT2D eigenvalue weighted by atomic mass is 9.94. The summed E-state index contributed by atoms with van der Waals surface area (Å²) in [7, 11) is -1.74. The topological polar surface area (TPSA) is 81.0 Å². The zero-order chi connectivity index (χ0) is 23.8. The lowest BCUT2D eigenvalue weighted by Gasteiger charge is -2.34. The highest BCUT2D eigenvalue weighted by molar-refractivity contribution is 7.89. The molecule has 176 valence electrons. The van der Waals surface area contributed by atoms with Crippen LogP contribution in [0.1, 0.15) is 37.6 Å². The number of amides is 1. The van der Waals surface area contributed by atoms with Crippen LogP contribution in [0.4, 0.5) is 0 Å². The molecule has 2 aromatic carbocycles. The number of carbonyl (C=O) groups excluding carboxylic acids is 1. The number of aryl methyl sites for hydroxylation is 1. The minimum Gasteiger partial charge on any atom is -0.492 e. The van der Waals surface area contributed by atoms with Crippen molar-refractivity contribution in [1.29, 1.82) is 0 Å². The Hall–Kier alpha value is -2.49. The van der Waals surface area contributed by atoms with E-state index < -0.39 is 15.9 Å². The van der Waals surface area contributed by atoms with Gasteiger partial charge in [-0.15, -0.1) is 0 Å². The molecule has 0 spiro atoms. The number of aromatic nitrogens is 1. The fourth-order valence-electron chi connectivity index (χ4n) is 4.42. The van der Waals surface area contributed by atoms with E-state index in [-0.39, 0.29) is 4.90 Å². The van der Waals surface area contributed by atoms with Crippen molar-refractivity contribution >= 4 is 37.5 Å². The van der Waals surface area contributed by atoms with Crippen molar-refractivity contribution in [3.05, 3.63) is 52.8 Å². The molecule has 2 heterocycles. The maximum Gasteiger partial charge on any atom is 0.279 e. The molecule has 1 aliphatic heterocycles. The van der Waals surface area contributed by atoms with E-state index in [9.17, 15) is 13.2 Å². The van der Waals surface area contributed by atoms with Crippen molar-refractivity contribution in [2.75, 3.05) is 19.7 Å². The number of thiazole rings is 1. The molecule has 0 aliphatic carbocycles. The Morgan fingerprint density at radius 2 is 1.79 bits per heavy atom. The Kier molecular flexibility index (Phi) is 6.74. The summed E-state index contributed by atoms with van der Waals surface area (Å²) in [6.45, 7) is 7.67. The first-order valence-corrected chi connectivity index (χ1v) is 13.4. The summed E-state index contributed by atoms with van der Waals surface area (Å²) >= 11 is 1.41. The number of rotatable bonds is 5. The second-order valence-corrected chi connectivity index (χ2v) is 11.6. The zero-order valence-electron chi connectivity index (χ0n) is 19.3. The summed E-state index contributed by atoms with van der Waals surface area (Å²) in [5.41, 5.74) is 1.24. The van der Waals surface area contributed by atoms with Crippen molar-refractivity contribution in [3.63, 3.8) is 0 Å². The number of sulfonamides is 1. The van der Waals surface area contributed by atoms with Crippen molar-refractivity contribution in [3.8, 4) is 5.75 Å². The molecular weight excluding hydrogens is 458 g/mol. The lowest BCUT2D eigenvalue weighted by molar-refractivity contribution is 0.0998. The summed E-state index contributed by atoms with van der Waals surface area (Å²) < 4.78 is 36.3. The van der Waals surface area contributed by atoms with Gasteiger partial charge in [0.15, 0.2) is 4.80 Å². The van der Waals surface area contributed by atoms with Gasteiger partial charge in [0.05, 0.1) is 16.2 Å². The zero-order valence-corrected chi connectivity index (χ0v) is 20.9. The highest BCUT2D eigenvalue weighted by atomic mass is 32.2. The van der Waals surface area contributed by atoms with Gasteiger partial charge in [-0.2, -0.15) is 9.30 Å². The number of hydrogen-bond acceptors (Lipinski definition) is 5. The average molecular weight is 488 g/mol. The number of ether oxygens (including phenoxy) is 1. The molecule has 1 aliphatic rings. The van der Waals surface area contributed by atoms with E-state index in [1.54, 1.807) is 4.31 Å². The Morgan fingerprint density at radius 3 is 2.42 bits per heavy atom. The molecule has 0 radical (unpaired) electrons. The first-order chi connectivity index (χ1) is 15.7. The smallest absolute Gasteiger partial charge is 0.279 e. The molecule has 4 rings (SSSR count). The summed E-state index contributed by atoms with van der Waals surface area (Å²) in [4.78, 5) is 17.9. The standard InChI is InChI=1S/C24H29N3O4S2/c1-5-31-20-7-6-8-21-22(20)26(4)24(32-21)25-23(28)18-9-11-19(12-10-18)33(29,30)27-14-16(2)13-17(3)15-27/h6-12,16-17H,5,13-15H2,1-4H3/t16-,17-/m1/s1. The molecule has 7 nitrogen and oxygen atoms in total. The van der Waals surface area contributed by atoms with Gasteiger partial charge in [-0.05, 0) is 61.6 Å². The Labute approximate surface area is 198 Å². The Bertz CT molecular complexity index is 1330. The molecule has 1 saturated heterocycles. The van der Waals surface area contributed by atoms with Gasteiger partial charge in [0.25, 0.3) is 5.91 Å². The molecular formula is C24H29N3O4S2. The van der Waals surface area contributed by atoms with Crippen molar-refractivity contribution in [1.82, 2.24) is 8.87 Å². The molecule has 1 amide bonds. The van der Waals surface area contributed by atoms with Gasteiger partial charge in [0.2, 0.25) is 10.0 Å². The molecule has 0 bridgehead atoms. The van der Waals surface area contributed by atoms with E-state index in [0.29, 0.717) is 41.9 Å². The predicted molar refractivity (Wildman–Crippen MR) is 130 cm³/mol. The molecule has 1 aromatic heterocycles. The maximum absolute atomic E-state index is 13.1. The summed E-state index contributed by atoms with van der Waals surface area (Å²) in [5, 5.41) is 0. The molecule has 0 unspecified atom stereocenters. The molecule has 3 aromatic rings. The van der Waals surface area contributed by atoms with Gasteiger partial charge in [-0.1, -0.05) is 31.3 Å². The largest absolute Gasteiger partial charge is 0.492 e. The summed E-state index contributed by atoms with van der Waals surface area (Å²) in [5.74, 6) is 0.986. The molecule has 2 atom stereocenters. The van der Waals surface area contributed by atoms with Crippen molar-refractivity contribution < 1.29 is 17.9 Å². The van der Waals surface area contributed by atoms with E-state index >= 15 is 0 Å². The normalized spacial score (nSPS) is 20.3. The first kappa shape index (κ1) is 23.7. The number of piperidine rings is 1. The van der Waals surface area contributed by atoms with Gasteiger partial charge in [0, 0.05) is 25.7 Å². The van der Waals surface area contributed by atoms with Crippen LogP contribution in [0.25, 0.3) is 10.2 Å². The van der Waals surface area contributed by atoms with Gasteiger partial charge in [-0.3, -0.25) is 4.79 Å². The van der Waals surface area contributed by atoms with Gasteiger partial charge in [0.1, 0.15) is 11.3 Å². The number of benzene rings is 2. The van der Waals surface area contributed by atoms with Crippen LogP contribution in [0, 0.1) is 11.8 Å². The fraction of sp³-hybridized carbons (Fsp3) is 0.417. The molecule has 0 N–H and O–H groups in total. The number of para-hydroxylation sites is 1. The molecule has 1 fully saturated rings. The average Bonchev–Trinajstić information content (AvgIpc) is 3.09. The third-order valence-corrected chi connectivity index (χ3v) is 8.80. The lowest BCUT2D eigenvalue weighted by Crippen LogP contribution is -2.42. The third kappa shape index (κ3) is 4.76. The van der Waals surface area contributed by atoms with Crippen LogP contribution in [-0.2, 0) is 17.1 Å². The quantitative estimate of drug-likeness (QED) is 0.544. The maximum atomic E-state index is 13.1. The highest BCUT2D eigenvalue weighted by Crippen LogP contribution is 2.28. The van der Waals surface area contributed by atoms with E-state index in [2.05, 4.69) is 18.8 Å². The minimum atomic E-state index is -3.59. The number of nitrogens with zero attached hydrogens (tertiary/aromatic N) is 3. The Balaban J connectivity index is 1.61. The summed E-state index contributed by atoms with van der Waals surface area (Å²) in [6.07, 6.45) is 1.03. The van der Waals surface area contributed by atoms with Crippen LogP contribution in [0.3, 0.4) is 0 Å². The van der Waals surface area contributed by atoms with E-state index in [0.717, 1.165) is 22.4 Å². The molecule has 9 heteroatoms. The van der Waals surface area contributed by atoms with Crippen molar-refractivity contribution in [2.45, 2.75) is 32.1 Å². The SMILES string of the molecule is CCOc1cccc2sc(=NC(=O)c3ccc(S(=O)(=O)N4C[C@H](C)C[C@@H](C)C4)cc3)n(C)c12. The fourth-order valence-corrected chi connectivity index (χ4v) is 7.13. The minimum absolute atomic E-state index is 0.203. The van der Waals surface area contributed by atoms with Crippen LogP contribution in [-0.4, -0.2) is 42.9 Å². The van der Waals surface area contributed by atoms with E-state index in [4.69, 9.17) is 4.74 Å². The highest BCUT2D eigenvalue weighted by Gasteiger charge is 2.31. The first-order valence-electron chi connectivity index (χ1n) is 11.1.